The fourth-order valence-electron chi connectivity index (χ4n) is 4.16. The fraction of sp³-hybridized carbons (Fsp3) is 0.200. The number of amides is 1. The topological polar surface area (TPSA) is 92.7 Å². The van der Waals surface area contributed by atoms with Crippen molar-refractivity contribution >= 4 is 22.5 Å². The van der Waals surface area contributed by atoms with Gasteiger partial charge in [-0.05, 0) is 35.9 Å². The van der Waals surface area contributed by atoms with Gasteiger partial charge in [-0.25, -0.2) is 0 Å². The maximum absolute atomic E-state index is 12.9. The fourth-order valence-corrected chi connectivity index (χ4v) is 4.16. The van der Waals surface area contributed by atoms with Crippen molar-refractivity contribution in [2.75, 3.05) is 26.2 Å². The van der Waals surface area contributed by atoms with Crippen molar-refractivity contribution in [3.8, 4) is 11.3 Å². The summed E-state index contributed by atoms with van der Waals surface area (Å²) in [5, 5.41) is 12.0. The van der Waals surface area contributed by atoms with Gasteiger partial charge < -0.3 is 9.32 Å². The van der Waals surface area contributed by atoms with Gasteiger partial charge >= 0.3 is 0 Å². The smallest absolute Gasteiger partial charge is 0.289 e. The van der Waals surface area contributed by atoms with E-state index in [4.69, 9.17) is 4.42 Å². The minimum absolute atomic E-state index is 0.0127. The van der Waals surface area contributed by atoms with Gasteiger partial charge in [0, 0.05) is 62.0 Å². The first kappa shape index (κ1) is 20.8. The molecule has 0 N–H and O–H groups in total. The SMILES string of the molecule is O=C(c1ccc(-c2ccc([N+](=O)[O-])cc2)o1)N1CCN(Cc2cccc3cccnc23)CC1. The highest BCUT2D eigenvalue weighted by molar-refractivity contribution is 5.92. The average molecular weight is 442 g/mol. The Morgan fingerprint density at radius 3 is 2.48 bits per heavy atom. The molecule has 3 heterocycles. The van der Waals surface area contributed by atoms with Crippen LogP contribution in [0.2, 0.25) is 0 Å². The number of hydrogen-bond donors (Lipinski definition) is 0. The Hall–Kier alpha value is -4.04. The number of non-ortho nitro benzene ring substituents is 1. The molecule has 0 spiro atoms. The van der Waals surface area contributed by atoms with Crippen LogP contribution >= 0.6 is 0 Å². The van der Waals surface area contributed by atoms with Crippen LogP contribution in [0.4, 0.5) is 5.69 Å². The number of pyridine rings is 1. The number of benzene rings is 2. The zero-order chi connectivity index (χ0) is 22.8. The Balaban J connectivity index is 1.21. The van der Waals surface area contributed by atoms with E-state index in [-0.39, 0.29) is 17.4 Å². The molecule has 0 saturated carbocycles. The van der Waals surface area contributed by atoms with Crippen molar-refractivity contribution in [3.05, 3.63) is 94.4 Å². The summed E-state index contributed by atoms with van der Waals surface area (Å²) in [6.07, 6.45) is 1.82. The molecule has 1 fully saturated rings. The molecule has 4 aromatic rings. The highest BCUT2D eigenvalue weighted by Gasteiger charge is 2.25. The summed E-state index contributed by atoms with van der Waals surface area (Å²) in [5.74, 6) is 0.639. The number of piperazine rings is 1. The first-order chi connectivity index (χ1) is 16.1. The molecule has 0 aliphatic carbocycles. The number of nitro benzene ring substituents is 1. The molecule has 0 bridgehead atoms. The van der Waals surface area contributed by atoms with E-state index >= 15 is 0 Å². The molecule has 166 valence electrons. The van der Waals surface area contributed by atoms with Crippen LogP contribution in [0.25, 0.3) is 22.2 Å². The maximum atomic E-state index is 12.9. The standard InChI is InChI=1S/C25H22N4O4/c30-25(23-11-10-22(33-23)18-6-8-21(9-7-18)29(31)32)28-15-13-27(14-16-28)17-20-4-1-3-19-5-2-12-26-24(19)20/h1-12H,13-17H2. The Morgan fingerprint density at radius 2 is 1.73 bits per heavy atom. The molecular formula is C25H22N4O4. The molecule has 0 atom stereocenters. The normalized spacial score (nSPS) is 14.5. The molecule has 2 aromatic carbocycles. The highest BCUT2D eigenvalue weighted by atomic mass is 16.6. The largest absolute Gasteiger partial charge is 0.451 e. The molecule has 1 aliphatic rings. The average Bonchev–Trinajstić information content (AvgIpc) is 3.35. The van der Waals surface area contributed by atoms with Gasteiger partial charge in [0.1, 0.15) is 5.76 Å². The van der Waals surface area contributed by atoms with Crippen LogP contribution in [0, 0.1) is 10.1 Å². The monoisotopic (exact) mass is 442 g/mol. The van der Waals surface area contributed by atoms with Crippen LogP contribution < -0.4 is 0 Å². The van der Waals surface area contributed by atoms with E-state index in [2.05, 4.69) is 34.1 Å². The third-order valence-corrected chi connectivity index (χ3v) is 5.95. The van der Waals surface area contributed by atoms with E-state index in [1.165, 1.54) is 17.7 Å². The maximum Gasteiger partial charge on any atom is 0.289 e. The summed E-state index contributed by atoms with van der Waals surface area (Å²) in [6, 6.07) is 19.7. The molecular weight excluding hydrogens is 420 g/mol. The number of rotatable bonds is 5. The molecule has 1 saturated heterocycles. The molecule has 8 nitrogen and oxygen atoms in total. The van der Waals surface area contributed by atoms with Crippen LogP contribution in [0.3, 0.4) is 0 Å². The second-order valence-corrected chi connectivity index (χ2v) is 8.03. The van der Waals surface area contributed by atoms with Crippen LogP contribution in [0.5, 0.6) is 0 Å². The number of nitrogens with zero attached hydrogens (tertiary/aromatic N) is 4. The Kier molecular flexibility index (Phi) is 5.58. The predicted molar refractivity (Wildman–Crippen MR) is 124 cm³/mol. The number of aromatic nitrogens is 1. The molecule has 2 aromatic heterocycles. The number of fused-ring (bicyclic) bond motifs is 1. The van der Waals surface area contributed by atoms with Gasteiger partial charge in [0.25, 0.3) is 11.6 Å². The van der Waals surface area contributed by atoms with Crippen LogP contribution in [-0.4, -0.2) is 51.8 Å². The lowest BCUT2D eigenvalue weighted by atomic mass is 10.1. The van der Waals surface area contributed by atoms with E-state index in [0.29, 0.717) is 24.4 Å². The number of carbonyl (C=O) groups is 1. The zero-order valence-corrected chi connectivity index (χ0v) is 17.9. The zero-order valence-electron chi connectivity index (χ0n) is 17.9. The Labute approximate surface area is 190 Å². The van der Waals surface area contributed by atoms with Gasteiger partial charge in [-0.2, -0.15) is 0 Å². The predicted octanol–water partition coefficient (Wildman–Crippen LogP) is 4.36. The van der Waals surface area contributed by atoms with Crippen molar-refractivity contribution in [3.63, 3.8) is 0 Å². The summed E-state index contributed by atoms with van der Waals surface area (Å²) in [7, 11) is 0. The van der Waals surface area contributed by atoms with Gasteiger partial charge in [0.05, 0.1) is 10.4 Å². The molecule has 33 heavy (non-hydrogen) atoms. The van der Waals surface area contributed by atoms with E-state index in [0.717, 1.165) is 30.5 Å². The van der Waals surface area contributed by atoms with Crippen molar-refractivity contribution in [1.82, 2.24) is 14.8 Å². The molecule has 1 amide bonds. The van der Waals surface area contributed by atoms with Crippen molar-refractivity contribution in [2.24, 2.45) is 0 Å². The van der Waals surface area contributed by atoms with Crippen LogP contribution in [0.1, 0.15) is 16.1 Å². The van der Waals surface area contributed by atoms with Crippen molar-refractivity contribution in [1.29, 1.82) is 0 Å². The van der Waals surface area contributed by atoms with Crippen LogP contribution in [0.15, 0.2) is 77.3 Å². The van der Waals surface area contributed by atoms with Gasteiger partial charge in [0.2, 0.25) is 0 Å². The number of para-hydroxylation sites is 1. The third-order valence-electron chi connectivity index (χ3n) is 5.95. The van der Waals surface area contributed by atoms with Gasteiger partial charge in [-0.1, -0.05) is 24.3 Å². The molecule has 1 aliphatic heterocycles. The number of furan rings is 1. The van der Waals surface area contributed by atoms with Gasteiger partial charge in [0.15, 0.2) is 5.76 Å². The van der Waals surface area contributed by atoms with E-state index in [1.807, 2.05) is 12.3 Å². The van der Waals surface area contributed by atoms with E-state index in [9.17, 15) is 14.9 Å². The molecule has 0 radical (unpaired) electrons. The summed E-state index contributed by atoms with van der Waals surface area (Å²) in [4.78, 5) is 32.0. The van der Waals surface area contributed by atoms with Gasteiger partial charge in [-0.3, -0.25) is 24.8 Å². The lowest BCUT2D eigenvalue weighted by Crippen LogP contribution is -2.48. The van der Waals surface area contributed by atoms with Crippen LogP contribution in [-0.2, 0) is 6.54 Å². The molecule has 5 rings (SSSR count). The lowest BCUT2D eigenvalue weighted by molar-refractivity contribution is -0.384. The van der Waals surface area contributed by atoms with Crippen molar-refractivity contribution < 1.29 is 14.1 Å². The summed E-state index contributed by atoms with van der Waals surface area (Å²) in [5.41, 5.74) is 2.91. The molecule has 8 heteroatoms. The summed E-state index contributed by atoms with van der Waals surface area (Å²) < 4.78 is 5.77. The first-order valence-corrected chi connectivity index (χ1v) is 10.8. The van der Waals surface area contributed by atoms with E-state index < -0.39 is 4.92 Å². The first-order valence-electron chi connectivity index (χ1n) is 10.8. The molecule has 0 unspecified atom stereocenters. The summed E-state index contributed by atoms with van der Waals surface area (Å²) in [6.45, 7) is 3.56. The van der Waals surface area contributed by atoms with E-state index in [1.54, 1.807) is 29.2 Å². The number of carbonyl (C=O) groups excluding carboxylic acids is 1. The second-order valence-electron chi connectivity index (χ2n) is 8.03. The minimum atomic E-state index is -0.447. The quantitative estimate of drug-likeness (QED) is 0.337. The number of nitro groups is 1. The van der Waals surface area contributed by atoms with Crippen molar-refractivity contribution in [2.45, 2.75) is 6.54 Å². The minimum Gasteiger partial charge on any atom is -0.451 e. The Bertz CT molecular complexity index is 1300. The second kappa shape index (κ2) is 8.84. The van der Waals surface area contributed by atoms with Gasteiger partial charge in [-0.15, -0.1) is 0 Å². The summed E-state index contributed by atoms with van der Waals surface area (Å²) >= 11 is 0. The third kappa shape index (κ3) is 4.33. The Morgan fingerprint density at radius 1 is 0.970 bits per heavy atom. The number of hydrogen-bond acceptors (Lipinski definition) is 6. The lowest BCUT2D eigenvalue weighted by Gasteiger charge is -2.34. The highest BCUT2D eigenvalue weighted by Crippen LogP contribution is 2.25.